The first-order valence-electron chi connectivity index (χ1n) is 11.6. The molecular weight excluding hydrogens is 460 g/mol. The Kier molecular flexibility index (Phi) is 5.56. The number of aromatic nitrogens is 6. The van der Waals surface area contributed by atoms with E-state index in [1.165, 1.54) is 11.3 Å². The van der Waals surface area contributed by atoms with Crippen LogP contribution >= 0.6 is 11.3 Å². The largest absolute Gasteiger partial charge is 0.302 e. The highest BCUT2D eigenvalue weighted by molar-refractivity contribution is 7.19. The zero-order chi connectivity index (χ0) is 23.8. The van der Waals surface area contributed by atoms with Gasteiger partial charge in [0.05, 0.1) is 28.9 Å². The Balaban J connectivity index is 1.11. The molecule has 0 aliphatic carbocycles. The zero-order valence-electron chi connectivity index (χ0n) is 18.9. The summed E-state index contributed by atoms with van der Waals surface area (Å²) in [6.07, 6.45) is 3.59. The zero-order valence-corrected chi connectivity index (χ0v) is 19.7. The van der Waals surface area contributed by atoms with Crippen LogP contribution in [0.5, 0.6) is 0 Å². The molecule has 174 valence electrons. The van der Waals surface area contributed by atoms with Crippen molar-refractivity contribution in [3.05, 3.63) is 76.6 Å². The maximum absolute atomic E-state index is 12.7. The first-order valence-corrected chi connectivity index (χ1v) is 12.4. The van der Waals surface area contributed by atoms with E-state index >= 15 is 0 Å². The number of piperidine rings is 1. The van der Waals surface area contributed by atoms with Gasteiger partial charge < -0.3 is 4.90 Å². The topological polar surface area (TPSA) is 105 Å². The van der Waals surface area contributed by atoms with Gasteiger partial charge in [0.25, 0.3) is 5.56 Å². The first kappa shape index (κ1) is 21.6. The Bertz CT molecular complexity index is 1600. The third kappa shape index (κ3) is 4.09. The minimum absolute atomic E-state index is 0.0120. The molecule has 0 bridgehead atoms. The number of likely N-dealkylation sites (tertiary alicyclic amines) is 1. The summed E-state index contributed by atoms with van der Waals surface area (Å²) in [6.45, 7) is 3.29. The summed E-state index contributed by atoms with van der Waals surface area (Å²) < 4.78 is 3.58. The molecule has 1 aliphatic rings. The SMILES string of the molecule is N#Cc1ccc(-c2nn3c(C4CCN(CCn5cnc6ccccc6c5=O)CC4)nnc3s2)cc1. The van der Waals surface area contributed by atoms with Crippen LogP contribution in [0.25, 0.3) is 26.4 Å². The minimum atomic E-state index is 0.0120. The number of hydrogen-bond acceptors (Lipinski definition) is 8. The normalized spacial score (nSPS) is 15.1. The van der Waals surface area contributed by atoms with E-state index in [1.807, 2.05) is 40.9 Å². The third-order valence-electron chi connectivity index (χ3n) is 6.62. The van der Waals surface area contributed by atoms with E-state index in [0.29, 0.717) is 23.4 Å². The Labute approximate surface area is 204 Å². The van der Waals surface area contributed by atoms with Crippen LogP contribution < -0.4 is 5.56 Å². The van der Waals surface area contributed by atoms with Gasteiger partial charge >= 0.3 is 0 Å². The van der Waals surface area contributed by atoms with Crippen molar-refractivity contribution in [2.75, 3.05) is 19.6 Å². The molecule has 1 saturated heterocycles. The van der Waals surface area contributed by atoms with Crippen molar-refractivity contribution in [1.29, 1.82) is 5.26 Å². The molecule has 0 atom stereocenters. The molecule has 0 saturated carbocycles. The monoisotopic (exact) mass is 482 g/mol. The summed E-state index contributed by atoms with van der Waals surface area (Å²) in [6, 6.07) is 17.0. The Hall–Kier alpha value is -3.94. The summed E-state index contributed by atoms with van der Waals surface area (Å²) in [4.78, 5) is 20.3. The molecular formula is C25H22N8OS. The van der Waals surface area contributed by atoms with E-state index in [9.17, 15) is 4.79 Å². The molecule has 6 rings (SSSR count). The number of rotatable bonds is 5. The van der Waals surface area contributed by atoms with Crippen molar-refractivity contribution in [3.63, 3.8) is 0 Å². The van der Waals surface area contributed by atoms with Gasteiger partial charge in [-0.15, -0.1) is 10.2 Å². The van der Waals surface area contributed by atoms with Crippen LogP contribution in [0.3, 0.4) is 0 Å². The highest BCUT2D eigenvalue weighted by Gasteiger charge is 2.26. The molecule has 1 aliphatic heterocycles. The van der Waals surface area contributed by atoms with Gasteiger partial charge in [-0.2, -0.15) is 14.9 Å². The van der Waals surface area contributed by atoms with Crippen LogP contribution in [0.1, 0.15) is 30.1 Å². The molecule has 0 unspecified atom stereocenters. The minimum Gasteiger partial charge on any atom is -0.302 e. The molecule has 5 aromatic rings. The maximum atomic E-state index is 12.7. The van der Waals surface area contributed by atoms with Gasteiger partial charge in [-0.1, -0.05) is 35.6 Å². The highest BCUT2D eigenvalue weighted by atomic mass is 32.1. The van der Waals surface area contributed by atoms with E-state index < -0.39 is 0 Å². The molecule has 0 N–H and O–H groups in total. The lowest BCUT2D eigenvalue weighted by molar-refractivity contribution is 0.201. The molecule has 0 amide bonds. The average Bonchev–Trinajstić information content (AvgIpc) is 3.50. The second-order valence-corrected chi connectivity index (χ2v) is 9.68. The average molecular weight is 483 g/mol. The molecule has 4 heterocycles. The maximum Gasteiger partial charge on any atom is 0.261 e. The number of nitriles is 1. The molecule has 1 fully saturated rings. The Morgan fingerprint density at radius 2 is 1.83 bits per heavy atom. The number of hydrogen-bond donors (Lipinski definition) is 0. The quantitative estimate of drug-likeness (QED) is 0.378. The third-order valence-corrected chi connectivity index (χ3v) is 7.57. The van der Waals surface area contributed by atoms with Crippen LogP contribution in [0.2, 0.25) is 0 Å². The lowest BCUT2D eigenvalue weighted by Crippen LogP contribution is -2.37. The molecule has 0 radical (unpaired) electrons. The van der Waals surface area contributed by atoms with Crippen molar-refractivity contribution in [2.45, 2.75) is 25.3 Å². The molecule has 35 heavy (non-hydrogen) atoms. The van der Waals surface area contributed by atoms with Gasteiger partial charge in [-0.3, -0.25) is 9.36 Å². The van der Waals surface area contributed by atoms with Crippen molar-refractivity contribution < 1.29 is 0 Å². The van der Waals surface area contributed by atoms with E-state index in [-0.39, 0.29) is 5.56 Å². The summed E-state index contributed by atoms with van der Waals surface area (Å²) in [5.41, 5.74) is 2.35. The van der Waals surface area contributed by atoms with Gasteiger partial charge in [0, 0.05) is 24.6 Å². The van der Waals surface area contributed by atoms with Crippen molar-refractivity contribution in [1.82, 2.24) is 34.3 Å². The molecule has 9 nitrogen and oxygen atoms in total. The van der Waals surface area contributed by atoms with E-state index in [4.69, 9.17) is 10.4 Å². The summed E-state index contributed by atoms with van der Waals surface area (Å²) in [5.74, 6) is 1.20. The van der Waals surface area contributed by atoms with Crippen molar-refractivity contribution in [3.8, 4) is 16.6 Å². The van der Waals surface area contributed by atoms with Gasteiger partial charge in [-0.25, -0.2) is 4.98 Å². The lowest BCUT2D eigenvalue weighted by Gasteiger charge is -2.30. The molecule has 0 spiro atoms. The van der Waals surface area contributed by atoms with Crippen LogP contribution in [0.4, 0.5) is 0 Å². The summed E-state index contributed by atoms with van der Waals surface area (Å²) in [7, 11) is 0. The van der Waals surface area contributed by atoms with Gasteiger partial charge in [-0.05, 0) is 50.2 Å². The van der Waals surface area contributed by atoms with E-state index in [1.54, 1.807) is 23.0 Å². The lowest BCUT2D eigenvalue weighted by atomic mass is 9.96. The fourth-order valence-electron chi connectivity index (χ4n) is 4.62. The van der Waals surface area contributed by atoms with Crippen molar-refractivity contribution >= 4 is 27.2 Å². The smallest absolute Gasteiger partial charge is 0.261 e. The number of nitrogens with zero attached hydrogens (tertiary/aromatic N) is 8. The van der Waals surface area contributed by atoms with Gasteiger partial charge in [0.1, 0.15) is 5.01 Å². The van der Waals surface area contributed by atoms with E-state index in [2.05, 4.69) is 26.2 Å². The predicted octanol–water partition coefficient (Wildman–Crippen LogP) is 3.31. The molecule has 2 aromatic carbocycles. The Morgan fingerprint density at radius 3 is 2.63 bits per heavy atom. The second kappa shape index (κ2) is 9.02. The van der Waals surface area contributed by atoms with Gasteiger partial charge in [0.2, 0.25) is 4.96 Å². The standard InChI is InChI=1S/C25H22N8OS/c26-15-17-5-7-19(8-6-17)23-30-33-22(28-29-25(33)35-23)18-9-11-31(12-10-18)13-14-32-16-27-21-4-2-1-3-20(21)24(32)34/h1-8,16,18H,9-14H2. The van der Waals surface area contributed by atoms with Crippen LogP contribution in [-0.4, -0.2) is 53.9 Å². The van der Waals surface area contributed by atoms with Crippen molar-refractivity contribution in [2.24, 2.45) is 0 Å². The fourth-order valence-corrected chi connectivity index (χ4v) is 5.47. The van der Waals surface area contributed by atoms with Crippen LogP contribution in [0, 0.1) is 11.3 Å². The van der Waals surface area contributed by atoms with Crippen LogP contribution in [-0.2, 0) is 6.54 Å². The number of fused-ring (bicyclic) bond motifs is 2. The summed E-state index contributed by atoms with van der Waals surface area (Å²) >= 11 is 1.50. The second-order valence-electron chi connectivity index (χ2n) is 8.73. The molecule has 3 aromatic heterocycles. The first-order chi connectivity index (χ1) is 17.2. The number of benzene rings is 2. The predicted molar refractivity (Wildman–Crippen MR) is 133 cm³/mol. The van der Waals surface area contributed by atoms with E-state index in [0.717, 1.165) is 59.3 Å². The Morgan fingerprint density at radius 1 is 1.03 bits per heavy atom. The summed E-state index contributed by atoms with van der Waals surface area (Å²) in [5, 5.41) is 24.1. The number of para-hydroxylation sites is 1. The van der Waals surface area contributed by atoms with Gasteiger partial charge in [0.15, 0.2) is 5.82 Å². The molecule has 10 heteroatoms. The fraction of sp³-hybridized carbons (Fsp3) is 0.280. The highest BCUT2D eigenvalue weighted by Crippen LogP contribution is 2.31. The van der Waals surface area contributed by atoms with Crippen LogP contribution in [0.15, 0.2) is 59.7 Å².